The Morgan fingerprint density at radius 1 is 1.12 bits per heavy atom. The largest absolute Gasteiger partial charge is 0.480 e. The molecule has 5 N–H and O–H groups in total. The Hall–Kier alpha value is -1.53. The molecule has 0 saturated heterocycles. The van der Waals surface area contributed by atoms with E-state index in [1.165, 1.54) is 12.1 Å². The Morgan fingerprint density at radius 2 is 1.69 bits per heavy atom. The number of ether oxygens (including phenoxy) is 1. The fraction of sp³-hybridized carbons (Fsp3) is 0.857. The van der Waals surface area contributed by atoms with Gasteiger partial charge in [0.2, 0.25) is 0 Å². The number of nitrogens with one attached hydrogen (secondary N) is 2. The zero-order valence-electron chi connectivity index (χ0n) is 21.2. The number of amides is 1. The maximum atomic E-state index is 12.9. The molecule has 0 aromatic carbocycles. The summed E-state index contributed by atoms with van der Waals surface area (Å²) in [7, 11) is 0.594. The Kier molecular flexibility index (Phi) is 12.0. The van der Waals surface area contributed by atoms with Crippen molar-refractivity contribution in [2.45, 2.75) is 89.8 Å². The molecule has 0 fully saturated rings. The Morgan fingerprint density at radius 3 is 2.16 bits per heavy atom. The van der Waals surface area contributed by atoms with Crippen LogP contribution in [0.4, 0.5) is 0 Å². The van der Waals surface area contributed by atoms with Crippen LogP contribution in [0.3, 0.4) is 0 Å². The van der Waals surface area contributed by atoms with E-state index in [1.54, 1.807) is 20.8 Å². The molecule has 0 aliphatic rings. The third-order valence-corrected chi connectivity index (χ3v) is 9.82. The molecular weight excluding hydrogens is 432 g/mol. The fourth-order valence-electron chi connectivity index (χ4n) is 2.92. The van der Waals surface area contributed by atoms with Crippen LogP contribution in [0.15, 0.2) is 0 Å². The first kappa shape index (κ1) is 30.5. The lowest BCUT2D eigenvalue weighted by molar-refractivity contribution is -0.157. The second-order valence-electron chi connectivity index (χ2n) is 10.2. The first-order valence-electron chi connectivity index (χ1n) is 11.0. The molecule has 11 heteroatoms. The number of nitrogens with zero attached hydrogens (tertiary/aromatic N) is 1. The van der Waals surface area contributed by atoms with Gasteiger partial charge in [-0.2, -0.15) is 0 Å². The summed E-state index contributed by atoms with van der Waals surface area (Å²) in [5.41, 5.74) is 8.23. The van der Waals surface area contributed by atoms with Crippen molar-refractivity contribution >= 4 is 26.2 Å². The van der Waals surface area contributed by atoms with Crippen molar-refractivity contribution < 1.29 is 28.7 Å². The molecule has 0 aliphatic heterocycles. The average Bonchev–Trinajstić information content (AvgIpc) is 2.60. The van der Waals surface area contributed by atoms with Crippen LogP contribution >= 0.6 is 0 Å². The van der Waals surface area contributed by atoms with Gasteiger partial charge in [0.15, 0.2) is 8.32 Å². The molecule has 10 nitrogen and oxygen atoms in total. The van der Waals surface area contributed by atoms with Gasteiger partial charge in [0.05, 0.1) is 0 Å². The van der Waals surface area contributed by atoms with Gasteiger partial charge in [0.1, 0.15) is 24.3 Å². The van der Waals surface area contributed by atoms with Gasteiger partial charge < -0.3 is 25.3 Å². The molecule has 0 aromatic heterocycles. The van der Waals surface area contributed by atoms with Gasteiger partial charge >= 0.3 is 11.9 Å². The predicted molar refractivity (Wildman–Crippen MR) is 126 cm³/mol. The highest BCUT2D eigenvalue weighted by Gasteiger charge is 2.50. The minimum atomic E-state index is -2.75. The third-order valence-electron chi connectivity index (χ3n) is 5.54. The van der Waals surface area contributed by atoms with E-state index in [-0.39, 0.29) is 6.54 Å². The van der Waals surface area contributed by atoms with E-state index in [0.717, 1.165) is 19.4 Å². The highest BCUT2D eigenvalue weighted by Crippen LogP contribution is 2.42. The molecule has 0 saturated carbocycles. The summed E-state index contributed by atoms with van der Waals surface area (Å²) in [6.07, 6.45) is 1.26. The van der Waals surface area contributed by atoms with E-state index < -0.39 is 48.9 Å². The topological polar surface area (TPSA) is 143 Å². The summed E-state index contributed by atoms with van der Waals surface area (Å²) in [5, 5.41) is 12.5. The van der Waals surface area contributed by atoms with E-state index in [4.69, 9.17) is 20.0 Å². The van der Waals surface area contributed by atoms with Gasteiger partial charge in [-0.25, -0.2) is 5.01 Å². The van der Waals surface area contributed by atoms with E-state index >= 15 is 0 Å². The van der Waals surface area contributed by atoms with Crippen molar-refractivity contribution in [2.75, 3.05) is 27.2 Å². The lowest BCUT2D eigenvalue weighted by atomic mass is 10.0. The summed E-state index contributed by atoms with van der Waals surface area (Å²) in [4.78, 5) is 36.5. The molecule has 32 heavy (non-hydrogen) atoms. The van der Waals surface area contributed by atoms with Crippen molar-refractivity contribution in [1.29, 1.82) is 0 Å². The van der Waals surface area contributed by atoms with Gasteiger partial charge in [-0.05, 0) is 66.7 Å². The zero-order chi connectivity index (χ0) is 25.3. The summed E-state index contributed by atoms with van der Waals surface area (Å²) < 4.78 is 11.9. The number of carbonyl (C=O) groups is 3. The van der Waals surface area contributed by atoms with Gasteiger partial charge in [-0.1, -0.05) is 13.8 Å². The number of carboxylic acids is 1. The second-order valence-corrected chi connectivity index (χ2v) is 14.7. The summed E-state index contributed by atoms with van der Waals surface area (Å²) >= 11 is 0. The number of hydrogen-bond acceptors (Lipinski definition) is 8. The highest BCUT2D eigenvalue weighted by molar-refractivity contribution is 6.74. The average molecular weight is 477 g/mol. The molecule has 0 aromatic rings. The molecule has 1 amide bonds. The normalized spacial score (nSPS) is 14.7. The van der Waals surface area contributed by atoms with E-state index in [0.29, 0.717) is 6.42 Å². The number of hydrazine groups is 1. The fourth-order valence-corrected chi connectivity index (χ4v) is 5.03. The minimum Gasteiger partial charge on any atom is -0.480 e. The number of carbonyl (C=O) groups excluding carboxylic acids is 2. The lowest BCUT2D eigenvalue weighted by Crippen LogP contribution is -2.58. The quantitative estimate of drug-likeness (QED) is 0.127. The van der Waals surface area contributed by atoms with Crippen molar-refractivity contribution in [3.8, 4) is 0 Å². The predicted octanol–water partition coefficient (Wildman–Crippen LogP) is 1.46. The number of esters is 1. The van der Waals surface area contributed by atoms with E-state index in [2.05, 4.69) is 10.7 Å². The van der Waals surface area contributed by atoms with Gasteiger partial charge in [0.25, 0.3) is 5.91 Å². The lowest BCUT2D eigenvalue weighted by Gasteiger charge is -2.44. The van der Waals surface area contributed by atoms with Crippen molar-refractivity contribution in [3.63, 3.8) is 0 Å². The smallest absolute Gasteiger partial charge is 0.323 e. The SMILES string of the molecule is CNCCCCC(O[Si](C)(C)C(C)(C)C(N)C(=O)OC(C)(C)C)C(=O)NN(C)CC(=O)O. The van der Waals surface area contributed by atoms with E-state index in [9.17, 15) is 14.4 Å². The number of aliphatic carboxylic acids is 1. The van der Waals surface area contributed by atoms with Crippen LogP contribution in [0.2, 0.25) is 18.1 Å². The maximum absolute atomic E-state index is 12.9. The van der Waals surface area contributed by atoms with Crippen LogP contribution in [-0.2, 0) is 23.5 Å². The first-order valence-corrected chi connectivity index (χ1v) is 13.9. The molecule has 2 atom stereocenters. The highest BCUT2D eigenvalue weighted by atomic mass is 28.4. The molecule has 0 rings (SSSR count). The van der Waals surface area contributed by atoms with Crippen LogP contribution in [0.5, 0.6) is 0 Å². The number of unbranched alkanes of at least 4 members (excludes halogenated alkanes) is 1. The maximum Gasteiger partial charge on any atom is 0.323 e. The second kappa shape index (κ2) is 12.6. The first-order chi connectivity index (χ1) is 14.4. The summed E-state index contributed by atoms with van der Waals surface area (Å²) in [6, 6.07) is -0.925. The molecule has 0 radical (unpaired) electrons. The zero-order valence-corrected chi connectivity index (χ0v) is 22.2. The number of carboxylic acid groups (broad SMARTS) is 1. The minimum absolute atomic E-state index is 0.339. The van der Waals surface area contributed by atoms with Crippen molar-refractivity contribution in [3.05, 3.63) is 0 Å². The number of likely N-dealkylation sites (N-methyl/N-ethyl adjacent to an activating group) is 1. The molecule has 0 spiro atoms. The Bertz CT molecular complexity index is 636. The molecule has 188 valence electrons. The van der Waals surface area contributed by atoms with Gasteiger partial charge in [0, 0.05) is 12.1 Å². The Balaban J connectivity index is 5.54. The van der Waals surface area contributed by atoms with Crippen molar-refractivity contribution in [1.82, 2.24) is 15.8 Å². The number of rotatable bonds is 14. The molecular formula is C21H44N4O6Si. The molecule has 0 aliphatic carbocycles. The third kappa shape index (κ3) is 10.4. The van der Waals surface area contributed by atoms with Crippen LogP contribution in [0.1, 0.15) is 53.9 Å². The molecule has 2 unspecified atom stereocenters. The van der Waals surface area contributed by atoms with Crippen LogP contribution in [0.25, 0.3) is 0 Å². The Labute approximate surface area is 193 Å². The molecule has 0 bridgehead atoms. The van der Waals surface area contributed by atoms with Crippen molar-refractivity contribution in [2.24, 2.45) is 5.73 Å². The van der Waals surface area contributed by atoms with Crippen LogP contribution in [0, 0.1) is 0 Å². The van der Waals surface area contributed by atoms with Gasteiger partial charge in [-0.3, -0.25) is 19.8 Å². The van der Waals surface area contributed by atoms with Gasteiger partial charge in [-0.15, -0.1) is 0 Å². The monoisotopic (exact) mass is 476 g/mol. The number of hydrogen-bond donors (Lipinski definition) is 4. The molecule has 0 heterocycles. The van der Waals surface area contributed by atoms with E-state index in [1.807, 2.05) is 34.0 Å². The van der Waals surface area contributed by atoms with Crippen LogP contribution < -0.4 is 16.5 Å². The standard InChI is InChI=1S/C21H44N4O6Si/c1-20(2,3)30-19(29)17(22)21(4,5)32(8,9)31-15(12-10-11-13-23-6)18(28)24-25(7)14-16(26)27/h15,17,23H,10-14,22H2,1-9H3,(H,24,28)(H,26,27). The summed E-state index contributed by atoms with van der Waals surface area (Å²) in [6.45, 7) is 13.4. The number of nitrogens with two attached hydrogens (primary N) is 1. The van der Waals surface area contributed by atoms with Crippen LogP contribution in [-0.4, -0.2) is 81.2 Å². The summed E-state index contributed by atoms with van der Waals surface area (Å²) in [5.74, 6) is -1.98.